The minimum Gasteiger partial charge on any atom is -0.351 e. The number of fused-ring (bicyclic) bond motifs is 1. The van der Waals surface area contributed by atoms with E-state index < -0.39 is 21.5 Å². The first-order valence-corrected chi connectivity index (χ1v) is 13.3. The van der Waals surface area contributed by atoms with Crippen LogP contribution in [-0.2, 0) is 21.2 Å². The number of nitrogens with zero attached hydrogens (tertiary/aromatic N) is 4. The summed E-state index contributed by atoms with van der Waals surface area (Å²) < 4.78 is 22.5. The van der Waals surface area contributed by atoms with Crippen LogP contribution >= 0.6 is 11.3 Å². The lowest BCUT2D eigenvalue weighted by Gasteiger charge is -2.18. The third-order valence-corrected chi connectivity index (χ3v) is 6.62. The van der Waals surface area contributed by atoms with Gasteiger partial charge in [-0.3, -0.25) is 4.79 Å². The molecule has 3 heterocycles. The fourth-order valence-corrected chi connectivity index (χ4v) is 4.62. The highest BCUT2D eigenvalue weighted by Gasteiger charge is 2.12. The van der Waals surface area contributed by atoms with E-state index in [9.17, 15) is 13.2 Å². The van der Waals surface area contributed by atoms with Gasteiger partial charge in [-0.2, -0.15) is 0 Å². The molecule has 0 aliphatic rings. The van der Waals surface area contributed by atoms with Crippen molar-refractivity contribution < 1.29 is 13.2 Å². The number of amides is 1. The highest BCUT2D eigenvalue weighted by Crippen LogP contribution is 2.30. The molecule has 0 radical (unpaired) electrons. The number of nitrogens with one attached hydrogen (secondary N) is 2. The highest BCUT2D eigenvalue weighted by molar-refractivity contribution is 7.91. The van der Waals surface area contributed by atoms with Gasteiger partial charge < -0.3 is 15.5 Å². The zero-order valence-electron chi connectivity index (χ0n) is 18.9. The first kappa shape index (κ1) is 23.6. The fraction of sp³-hybridized carbons (Fsp3) is 0.217. The summed E-state index contributed by atoms with van der Waals surface area (Å²) in [7, 11) is -1.39. The second-order valence-corrected chi connectivity index (χ2v) is 11.0. The van der Waals surface area contributed by atoms with Crippen molar-refractivity contribution in [3.8, 4) is 0 Å². The molecule has 0 saturated heterocycles. The number of carbonyl (C=O) groups excluding carboxylic acids is 1. The van der Waals surface area contributed by atoms with Crippen molar-refractivity contribution in [1.82, 2.24) is 20.3 Å². The average molecular weight is 497 g/mol. The predicted molar refractivity (Wildman–Crippen MR) is 136 cm³/mol. The van der Waals surface area contributed by atoms with E-state index >= 15 is 0 Å². The van der Waals surface area contributed by atoms with Crippen molar-refractivity contribution in [1.29, 1.82) is 0 Å². The van der Waals surface area contributed by atoms with Gasteiger partial charge >= 0.3 is 0 Å². The van der Waals surface area contributed by atoms with E-state index in [0.717, 1.165) is 33.7 Å². The minimum atomic E-state index is -3.37. The molecule has 3 aromatic heterocycles. The lowest BCUT2D eigenvalue weighted by molar-refractivity contribution is -0.118. The van der Waals surface area contributed by atoms with Crippen molar-refractivity contribution in [2.75, 3.05) is 29.3 Å². The van der Waals surface area contributed by atoms with Crippen LogP contribution in [0.5, 0.6) is 0 Å². The van der Waals surface area contributed by atoms with Crippen molar-refractivity contribution in [3.63, 3.8) is 0 Å². The number of pyridine rings is 2. The number of aryl methyl sites for hydroxylation is 1. The van der Waals surface area contributed by atoms with Crippen LogP contribution in [0.4, 0.5) is 22.5 Å². The molecule has 2 N–H and O–H groups in total. The Labute approximate surface area is 201 Å². The van der Waals surface area contributed by atoms with Gasteiger partial charge in [-0.1, -0.05) is 29.0 Å². The molecule has 0 bridgehead atoms. The zero-order chi connectivity index (χ0) is 24.3. The van der Waals surface area contributed by atoms with Gasteiger partial charge in [-0.25, -0.2) is 23.4 Å². The first-order valence-electron chi connectivity index (χ1n) is 10.4. The van der Waals surface area contributed by atoms with E-state index in [2.05, 4.69) is 51.8 Å². The molecule has 4 aromatic rings. The van der Waals surface area contributed by atoms with Crippen LogP contribution in [0.25, 0.3) is 10.3 Å². The topological polar surface area (TPSA) is 117 Å². The Bertz CT molecular complexity index is 1430. The van der Waals surface area contributed by atoms with Gasteiger partial charge in [-0.15, -0.1) is 0 Å². The Balaban J connectivity index is 1.46. The molecule has 0 saturated carbocycles. The van der Waals surface area contributed by atoms with E-state index in [0.29, 0.717) is 10.9 Å². The van der Waals surface area contributed by atoms with Gasteiger partial charge in [0.2, 0.25) is 5.91 Å². The summed E-state index contributed by atoms with van der Waals surface area (Å²) in [6.07, 6.45) is 2.64. The Kier molecular flexibility index (Phi) is 6.75. The molecule has 34 heavy (non-hydrogen) atoms. The molecule has 0 aliphatic heterocycles. The highest BCUT2D eigenvalue weighted by atomic mass is 32.2. The third-order valence-electron chi connectivity index (χ3n) is 4.95. The van der Waals surface area contributed by atoms with Crippen LogP contribution in [0.15, 0.2) is 54.7 Å². The van der Waals surface area contributed by atoms with E-state index in [1.54, 1.807) is 18.3 Å². The Hall–Kier alpha value is -3.57. The summed E-state index contributed by atoms with van der Waals surface area (Å²) >= 11 is 1.42. The Morgan fingerprint density at radius 2 is 1.85 bits per heavy atom. The molecule has 9 nitrogen and oxygen atoms in total. The summed E-state index contributed by atoms with van der Waals surface area (Å²) in [4.78, 5) is 28.2. The van der Waals surface area contributed by atoms with Crippen LogP contribution in [0.3, 0.4) is 0 Å². The second-order valence-electron chi connectivity index (χ2n) is 7.93. The zero-order valence-corrected chi connectivity index (χ0v) is 20.6. The Morgan fingerprint density at radius 1 is 1.09 bits per heavy atom. The molecule has 0 atom stereocenters. The van der Waals surface area contributed by atoms with Crippen molar-refractivity contribution in [2.24, 2.45) is 0 Å². The van der Waals surface area contributed by atoms with Gasteiger partial charge in [0.1, 0.15) is 27.7 Å². The number of rotatable bonds is 8. The smallest absolute Gasteiger partial charge is 0.235 e. The monoisotopic (exact) mass is 496 g/mol. The lowest BCUT2D eigenvalue weighted by atomic mass is 10.2. The number of hydrogen-bond acceptors (Lipinski definition) is 9. The maximum atomic E-state index is 11.7. The number of benzene rings is 1. The fourth-order valence-electron chi connectivity index (χ4n) is 3.20. The lowest BCUT2D eigenvalue weighted by Crippen LogP contribution is -2.29. The summed E-state index contributed by atoms with van der Waals surface area (Å²) in [5, 5.41) is 6.42. The molecule has 1 aromatic carbocycles. The summed E-state index contributed by atoms with van der Waals surface area (Å²) in [5.74, 6) is 0.295. The largest absolute Gasteiger partial charge is 0.351 e. The number of sulfone groups is 1. The molecule has 176 valence electrons. The molecule has 0 spiro atoms. The van der Waals surface area contributed by atoms with Gasteiger partial charge in [0, 0.05) is 31.7 Å². The molecular formula is C23H24N6O3S2. The van der Waals surface area contributed by atoms with E-state index in [4.69, 9.17) is 4.98 Å². The maximum absolute atomic E-state index is 11.7. The summed E-state index contributed by atoms with van der Waals surface area (Å²) in [6.45, 7) is 2.25. The van der Waals surface area contributed by atoms with Crippen molar-refractivity contribution >= 4 is 59.9 Å². The summed E-state index contributed by atoms with van der Waals surface area (Å²) in [5.41, 5.74) is 3.80. The molecule has 0 unspecified atom stereocenters. The van der Waals surface area contributed by atoms with Crippen LogP contribution in [0.2, 0.25) is 0 Å². The number of anilines is 4. The van der Waals surface area contributed by atoms with Crippen LogP contribution in [0.1, 0.15) is 11.1 Å². The molecule has 4 rings (SSSR count). The van der Waals surface area contributed by atoms with E-state index in [1.165, 1.54) is 16.9 Å². The quantitative estimate of drug-likeness (QED) is 0.380. The standard InChI is InChI=1S/C23H24N6O3S2/c1-15-4-6-17(7-5-15)29(2)20-9-8-18-22(28-20)33-23(26-18)27-19-12-16(10-11-24-19)13-25-21(30)14-34(3,31)32/h4-12H,13-14H2,1-3H3,(H,25,30)(H,24,26,27). The normalized spacial score (nSPS) is 11.4. The average Bonchev–Trinajstić information content (AvgIpc) is 3.18. The number of aromatic nitrogens is 3. The second kappa shape index (κ2) is 9.74. The van der Waals surface area contributed by atoms with Crippen molar-refractivity contribution in [2.45, 2.75) is 13.5 Å². The van der Waals surface area contributed by atoms with Crippen molar-refractivity contribution in [3.05, 3.63) is 65.9 Å². The first-order chi connectivity index (χ1) is 16.2. The van der Waals surface area contributed by atoms with Crippen LogP contribution in [-0.4, -0.2) is 48.3 Å². The predicted octanol–water partition coefficient (Wildman–Crippen LogP) is 3.57. The molecule has 0 aliphatic carbocycles. The minimum absolute atomic E-state index is 0.196. The summed E-state index contributed by atoms with van der Waals surface area (Å²) in [6, 6.07) is 15.6. The van der Waals surface area contributed by atoms with E-state index in [-0.39, 0.29) is 6.54 Å². The molecule has 1 amide bonds. The van der Waals surface area contributed by atoms with Gasteiger partial charge in [0.15, 0.2) is 15.0 Å². The third kappa shape index (κ3) is 6.06. The molecule has 0 fully saturated rings. The Morgan fingerprint density at radius 3 is 2.59 bits per heavy atom. The van der Waals surface area contributed by atoms with Crippen LogP contribution < -0.4 is 15.5 Å². The van der Waals surface area contributed by atoms with E-state index in [1.807, 2.05) is 24.1 Å². The number of thiazole rings is 1. The van der Waals surface area contributed by atoms with Gasteiger partial charge in [-0.05, 0) is 48.9 Å². The number of hydrogen-bond donors (Lipinski definition) is 2. The maximum Gasteiger partial charge on any atom is 0.235 e. The molecular weight excluding hydrogens is 472 g/mol. The number of carbonyl (C=O) groups is 1. The SMILES string of the molecule is Cc1ccc(N(C)c2ccc3nc(Nc4cc(CNC(=O)CS(C)(=O)=O)ccn4)sc3n2)cc1. The van der Waals surface area contributed by atoms with Gasteiger partial charge in [0.25, 0.3) is 0 Å². The van der Waals surface area contributed by atoms with Gasteiger partial charge in [0.05, 0.1) is 0 Å². The van der Waals surface area contributed by atoms with Crippen LogP contribution in [0, 0.1) is 6.92 Å². The molecule has 11 heteroatoms.